The van der Waals surface area contributed by atoms with Crippen LogP contribution in [0.5, 0.6) is 0 Å². The van der Waals surface area contributed by atoms with E-state index in [2.05, 4.69) is 158 Å². The van der Waals surface area contributed by atoms with E-state index in [4.69, 9.17) is 0 Å². The zero-order valence-corrected chi connectivity index (χ0v) is 32.8. The van der Waals surface area contributed by atoms with E-state index in [1.165, 1.54) is 89.4 Å². The molecule has 6 aromatic carbocycles. The van der Waals surface area contributed by atoms with E-state index in [9.17, 15) is 0 Å². The van der Waals surface area contributed by atoms with Crippen LogP contribution >= 0.6 is 24.8 Å². The molecule has 0 heterocycles. The Morgan fingerprint density at radius 1 is 0.556 bits per heavy atom. The van der Waals surface area contributed by atoms with Crippen molar-refractivity contribution in [1.29, 1.82) is 0 Å². The molecular formula is C41H48Cl2SiZr-4. The van der Waals surface area contributed by atoms with Gasteiger partial charge in [0, 0.05) is 0 Å². The molecule has 0 bridgehead atoms. The summed E-state index contributed by atoms with van der Waals surface area (Å²) in [5.41, 5.74) is 10.9. The van der Waals surface area contributed by atoms with Crippen LogP contribution in [0.1, 0.15) is 56.9 Å². The Balaban J connectivity index is 0.000000712. The van der Waals surface area contributed by atoms with Crippen LogP contribution in [0.3, 0.4) is 0 Å². The van der Waals surface area contributed by atoms with Crippen LogP contribution in [0.25, 0.3) is 43.8 Å². The van der Waals surface area contributed by atoms with Crippen LogP contribution < -0.4 is 0 Å². The van der Waals surface area contributed by atoms with Gasteiger partial charge in [-0.25, -0.2) is 0 Å². The predicted molar refractivity (Wildman–Crippen MR) is 205 cm³/mol. The first-order valence-corrected chi connectivity index (χ1v) is 19.5. The van der Waals surface area contributed by atoms with Crippen molar-refractivity contribution in [3.63, 3.8) is 0 Å². The predicted octanol–water partition coefficient (Wildman–Crippen LogP) is 12.6. The van der Waals surface area contributed by atoms with E-state index in [1.54, 1.807) is 13.8 Å². The van der Waals surface area contributed by atoms with Crippen LogP contribution in [0.2, 0.25) is 0 Å². The monoisotopic (exact) mass is 728 g/mol. The van der Waals surface area contributed by atoms with E-state index in [1.807, 2.05) is 0 Å². The van der Waals surface area contributed by atoms with Crippen LogP contribution in [-0.2, 0) is 42.6 Å². The van der Waals surface area contributed by atoms with Gasteiger partial charge in [-0.1, -0.05) is 99.5 Å². The Morgan fingerprint density at radius 3 is 1.36 bits per heavy atom. The van der Waals surface area contributed by atoms with Crippen molar-refractivity contribution in [1.82, 2.24) is 0 Å². The summed E-state index contributed by atoms with van der Waals surface area (Å²) in [6, 6.07) is 40.2. The van der Waals surface area contributed by atoms with Crippen molar-refractivity contribution in [3.8, 4) is 22.3 Å². The third-order valence-electron chi connectivity index (χ3n) is 7.46. The Morgan fingerprint density at radius 2 is 0.956 bits per heavy atom. The zero-order valence-electron chi connectivity index (χ0n) is 27.7. The van der Waals surface area contributed by atoms with E-state index >= 15 is 0 Å². The van der Waals surface area contributed by atoms with Crippen LogP contribution in [0, 0.1) is 20.8 Å². The summed E-state index contributed by atoms with van der Waals surface area (Å²) in [5.74, 6) is 0. The summed E-state index contributed by atoms with van der Waals surface area (Å²) in [7, 11) is 0. The quantitative estimate of drug-likeness (QED) is 0.122. The first-order chi connectivity index (χ1) is 21.1. The fraction of sp³-hybridized carbons (Fsp3) is 0.220. The summed E-state index contributed by atoms with van der Waals surface area (Å²) in [6.07, 6.45) is 3.30. The first-order valence-electron chi connectivity index (χ1n) is 15.3. The molecule has 45 heavy (non-hydrogen) atoms. The Hall–Kier alpha value is -2.22. The Kier molecular flexibility index (Phi) is 22.0. The fourth-order valence-corrected chi connectivity index (χ4v) is 5.23. The second kappa shape index (κ2) is 23.2. The number of rotatable bonds is 5. The van der Waals surface area contributed by atoms with Gasteiger partial charge in [0.05, 0.1) is 0 Å². The maximum atomic E-state index is 3.25. The summed E-state index contributed by atoms with van der Waals surface area (Å²) >= 11 is 1.36. The standard InChI is InChI=1S/C19H19.C18H17.2C2H5.2ClH.Si.Zr/c1-3-14-8-10-16(11-9-14)18-7-5-6-17-12-15(4-2)13-19(17)18;1-3-14-7-9-15(10-8-14)17-6-4-5-16-11-13(2)12-18(16)17;2*1-2;;;;/h5-13H,3-4H2,1-2H3;4-12H,3H2,1-2H3;2*1H2,2H3;2*1H;;/q4*-1;;;;. The molecule has 0 aliphatic rings. The number of halogens is 2. The maximum absolute atomic E-state index is 3.25. The van der Waals surface area contributed by atoms with Gasteiger partial charge in [0.15, 0.2) is 0 Å². The minimum absolute atomic E-state index is 0. The molecule has 238 valence electrons. The van der Waals surface area contributed by atoms with Crippen molar-refractivity contribution in [2.24, 2.45) is 0 Å². The average molecular weight is 731 g/mol. The SMILES string of the molecule is CCc1ccc(-c2cccc3[cH-]c(C)cc23)cc1.CCc1ccc(-c2cccc3[cH-]c(CC)cc23)cc1.Cl.Cl.[CH2-]C.[CH2-]C.[Si]=[Zr]. The molecule has 0 fully saturated rings. The molecule has 0 aliphatic carbocycles. The molecule has 0 spiro atoms. The molecule has 0 aliphatic heterocycles. The van der Waals surface area contributed by atoms with Crippen molar-refractivity contribution in [2.45, 2.75) is 60.8 Å². The minimum atomic E-state index is 0. The molecule has 6 aromatic rings. The first kappa shape index (κ1) is 42.8. The fourth-order valence-electron chi connectivity index (χ4n) is 5.23. The number of fused-ring (bicyclic) bond motifs is 2. The summed E-state index contributed by atoms with van der Waals surface area (Å²) in [4.78, 5) is 0. The molecule has 0 saturated carbocycles. The van der Waals surface area contributed by atoms with Crippen LogP contribution in [0.4, 0.5) is 0 Å². The molecule has 0 nitrogen and oxygen atoms in total. The van der Waals surface area contributed by atoms with Gasteiger partial charge in [-0.05, 0) is 41.5 Å². The van der Waals surface area contributed by atoms with Gasteiger partial charge in [0.1, 0.15) is 0 Å². The number of hydrogen-bond acceptors (Lipinski definition) is 0. The second-order valence-electron chi connectivity index (χ2n) is 9.97. The molecule has 0 unspecified atom stereocenters. The number of aryl methyl sites for hydroxylation is 4. The van der Waals surface area contributed by atoms with Crippen molar-refractivity contribution in [3.05, 3.63) is 145 Å². The van der Waals surface area contributed by atoms with Gasteiger partial charge in [0.2, 0.25) is 0 Å². The van der Waals surface area contributed by atoms with Crippen molar-refractivity contribution < 1.29 is 23.3 Å². The normalized spacial score (nSPS) is 9.40. The van der Waals surface area contributed by atoms with Crippen LogP contribution in [0.15, 0.2) is 109 Å². The van der Waals surface area contributed by atoms with Crippen molar-refractivity contribution >= 4 is 53.2 Å². The third kappa shape index (κ3) is 11.5. The average Bonchev–Trinajstić information content (AvgIpc) is 3.70. The third-order valence-corrected chi connectivity index (χ3v) is 7.46. The number of hydrogen-bond donors (Lipinski definition) is 0. The zero-order chi connectivity index (χ0) is 31.8. The van der Waals surface area contributed by atoms with Gasteiger partial charge in [0.25, 0.3) is 0 Å². The molecular weight excluding hydrogens is 683 g/mol. The van der Waals surface area contributed by atoms with Gasteiger partial charge < -0.3 is 13.8 Å². The van der Waals surface area contributed by atoms with E-state index in [0.29, 0.717) is 0 Å². The van der Waals surface area contributed by atoms with Crippen LogP contribution in [-0.4, -0.2) is 6.88 Å². The Bertz CT molecular complexity index is 1640. The van der Waals surface area contributed by atoms with Gasteiger partial charge in [-0.3, -0.25) is 0 Å². The van der Waals surface area contributed by atoms with Gasteiger partial charge in [-0.2, -0.15) is 26.0 Å². The summed E-state index contributed by atoms with van der Waals surface area (Å²) in [5, 5.41) is 5.43. The summed E-state index contributed by atoms with van der Waals surface area (Å²) < 4.78 is 0. The van der Waals surface area contributed by atoms with Gasteiger partial charge >= 0.3 is 30.2 Å². The summed E-state index contributed by atoms with van der Waals surface area (Å²) in [6.45, 7) is 21.8. The molecule has 0 amide bonds. The van der Waals surface area contributed by atoms with E-state index in [0.717, 1.165) is 19.3 Å². The van der Waals surface area contributed by atoms with E-state index < -0.39 is 0 Å². The second-order valence-corrected chi connectivity index (χ2v) is 9.97. The van der Waals surface area contributed by atoms with Gasteiger partial charge in [-0.15, -0.1) is 93.9 Å². The molecule has 0 N–H and O–H groups in total. The number of benzene rings is 4. The molecule has 0 aromatic heterocycles. The molecule has 2 radical (unpaired) electrons. The molecule has 0 atom stereocenters. The molecule has 0 saturated heterocycles. The Labute approximate surface area is 302 Å². The van der Waals surface area contributed by atoms with E-state index in [-0.39, 0.29) is 24.8 Å². The molecule has 4 heteroatoms. The topological polar surface area (TPSA) is 0 Å². The van der Waals surface area contributed by atoms with Crippen molar-refractivity contribution in [2.75, 3.05) is 0 Å². The molecule has 6 rings (SSSR count).